The lowest BCUT2D eigenvalue weighted by Gasteiger charge is -2.44. The molecule has 1 amide bonds. The summed E-state index contributed by atoms with van der Waals surface area (Å²) in [6, 6.07) is 5.63. The van der Waals surface area contributed by atoms with Crippen LogP contribution < -0.4 is 0 Å². The molecular formula is C17H16N2O7S. The van der Waals surface area contributed by atoms with Gasteiger partial charge in [0.15, 0.2) is 0 Å². The van der Waals surface area contributed by atoms with Crippen molar-refractivity contribution in [1.29, 1.82) is 0 Å². The Morgan fingerprint density at radius 2 is 1.96 bits per heavy atom. The van der Waals surface area contributed by atoms with Crippen molar-refractivity contribution in [2.75, 3.05) is 12.4 Å². The number of non-ortho nitro benzene ring substituents is 1. The van der Waals surface area contributed by atoms with Gasteiger partial charge in [-0.1, -0.05) is 0 Å². The van der Waals surface area contributed by atoms with E-state index in [2.05, 4.69) is 0 Å². The van der Waals surface area contributed by atoms with Crippen LogP contribution in [-0.2, 0) is 30.5 Å². The summed E-state index contributed by atoms with van der Waals surface area (Å²) in [7, 11) is 0. The van der Waals surface area contributed by atoms with E-state index in [0.717, 1.165) is 0 Å². The van der Waals surface area contributed by atoms with Gasteiger partial charge in [-0.25, -0.2) is 4.79 Å². The molecule has 1 saturated heterocycles. The molecule has 0 spiro atoms. The van der Waals surface area contributed by atoms with Crippen LogP contribution in [0.4, 0.5) is 5.69 Å². The molecular weight excluding hydrogens is 376 g/mol. The number of nitro benzene ring substituents is 1. The Labute approximate surface area is 158 Å². The first-order valence-corrected chi connectivity index (χ1v) is 9.11. The molecule has 2 aliphatic heterocycles. The van der Waals surface area contributed by atoms with Crippen molar-refractivity contribution in [2.24, 2.45) is 0 Å². The van der Waals surface area contributed by atoms with E-state index in [9.17, 15) is 24.5 Å². The first-order chi connectivity index (χ1) is 12.9. The van der Waals surface area contributed by atoms with Gasteiger partial charge in [0.2, 0.25) is 5.91 Å². The summed E-state index contributed by atoms with van der Waals surface area (Å²) < 4.78 is 10.3. The fourth-order valence-corrected chi connectivity index (χ4v) is 3.94. The maximum absolute atomic E-state index is 12.6. The third-order valence-corrected chi connectivity index (χ3v) is 5.37. The first kappa shape index (κ1) is 18.9. The zero-order chi connectivity index (χ0) is 19.6. The normalized spacial score (nSPS) is 18.5. The summed E-state index contributed by atoms with van der Waals surface area (Å²) >= 11 is 1.50. The van der Waals surface area contributed by atoms with E-state index in [-0.39, 0.29) is 35.9 Å². The SMILES string of the molecule is CC(=O)OCC1=C(C(=O)OCc2ccc([N+](=O)[O-])cc2)N2C(=O)C[C@@H]2SC1. The topological polar surface area (TPSA) is 116 Å². The minimum absolute atomic E-state index is 0.0604. The monoisotopic (exact) mass is 392 g/mol. The van der Waals surface area contributed by atoms with Crippen LogP contribution in [0.5, 0.6) is 0 Å². The second-order valence-corrected chi connectivity index (χ2v) is 7.13. The van der Waals surface area contributed by atoms with E-state index >= 15 is 0 Å². The number of thioether (sulfide) groups is 1. The molecule has 9 nitrogen and oxygen atoms in total. The minimum Gasteiger partial charge on any atom is -0.461 e. The number of carbonyl (C=O) groups is 3. The molecule has 0 unspecified atom stereocenters. The van der Waals surface area contributed by atoms with Crippen LogP contribution in [0.25, 0.3) is 0 Å². The molecule has 27 heavy (non-hydrogen) atoms. The summed E-state index contributed by atoms with van der Waals surface area (Å²) in [4.78, 5) is 47.2. The van der Waals surface area contributed by atoms with Crippen LogP contribution in [0, 0.1) is 10.1 Å². The highest BCUT2D eigenvalue weighted by Gasteiger charge is 2.45. The largest absolute Gasteiger partial charge is 0.461 e. The van der Waals surface area contributed by atoms with E-state index in [1.165, 1.54) is 47.9 Å². The van der Waals surface area contributed by atoms with Crippen LogP contribution in [0.15, 0.2) is 35.5 Å². The predicted octanol–water partition coefficient (Wildman–Crippen LogP) is 1.76. The molecule has 142 valence electrons. The Morgan fingerprint density at radius 1 is 1.26 bits per heavy atom. The predicted molar refractivity (Wildman–Crippen MR) is 94.3 cm³/mol. The van der Waals surface area contributed by atoms with Gasteiger partial charge in [0, 0.05) is 30.4 Å². The number of amides is 1. The number of esters is 2. The van der Waals surface area contributed by atoms with Gasteiger partial charge in [-0.2, -0.15) is 0 Å². The van der Waals surface area contributed by atoms with Gasteiger partial charge in [-0.15, -0.1) is 11.8 Å². The Morgan fingerprint density at radius 3 is 2.56 bits per heavy atom. The fourth-order valence-electron chi connectivity index (χ4n) is 2.70. The van der Waals surface area contributed by atoms with Crippen molar-refractivity contribution < 1.29 is 28.8 Å². The standard InChI is InChI=1S/C17H16N2O7S/c1-10(20)25-8-12-9-27-15-6-14(21)18(15)16(12)17(22)26-7-11-2-4-13(5-3-11)19(23)24/h2-5,15H,6-9H2,1H3/t15-/m0/s1. The van der Waals surface area contributed by atoms with Crippen molar-refractivity contribution in [3.63, 3.8) is 0 Å². The zero-order valence-electron chi connectivity index (χ0n) is 14.4. The number of nitro groups is 1. The summed E-state index contributed by atoms with van der Waals surface area (Å²) in [6.07, 6.45) is 0.352. The van der Waals surface area contributed by atoms with E-state index in [1.54, 1.807) is 0 Å². The van der Waals surface area contributed by atoms with Crippen molar-refractivity contribution in [2.45, 2.75) is 25.3 Å². The van der Waals surface area contributed by atoms with Crippen LogP contribution in [-0.4, -0.2) is 45.4 Å². The molecule has 0 aliphatic carbocycles. The van der Waals surface area contributed by atoms with Crippen LogP contribution in [0.2, 0.25) is 0 Å². The molecule has 2 heterocycles. The van der Waals surface area contributed by atoms with E-state index in [4.69, 9.17) is 9.47 Å². The molecule has 0 N–H and O–H groups in total. The number of hydrogen-bond acceptors (Lipinski definition) is 8. The third kappa shape index (κ3) is 4.11. The number of nitrogens with zero attached hydrogens (tertiary/aromatic N) is 2. The third-order valence-electron chi connectivity index (χ3n) is 4.09. The molecule has 10 heteroatoms. The van der Waals surface area contributed by atoms with Crippen molar-refractivity contribution in [3.05, 3.63) is 51.2 Å². The minimum atomic E-state index is -0.686. The average molecular weight is 392 g/mol. The number of fused-ring (bicyclic) bond motifs is 1. The summed E-state index contributed by atoms with van der Waals surface area (Å²) in [6.45, 7) is 1.09. The lowest BCUT2D eigenvalue weighted by Crippen LogP contribution is -2.54. The number of ether oxygens (including phenoxy) is 2. The van der Waals surface area contributed by atoms with Gasteiger partial charge < -0.3 is 9.47 Å². The molecule has 0 bridgehead atoms. The molecule has 2 aliphatic rings. The quantitative estimate of drug-likeness (QED) is 0.311. The molecule has 0 radical (unpaired) electrons. The summed E-state index contributed by atoms with van der Waals surface area (Å²) in [5.74, 6) is -0.893. The lowest BCUT2D eigenvalue weighted by atomic mass is 10.1. The van der Waals surface area contributed by atoms with Gasteiger partial charge in [-0.05, 0) is 17.7 Å². The van der Waals surface area contributed by atoms with Crippen LogP contribution in [0.1, 0.15) is 18.9 Å². The number of benzene rings is 1. The lowest BCUT2D eigenvalue weighted by molar-refractivity contribution is -0.384. The van der Waals surface area contributed by atoms with Crippen molar-refractivity contribution in [1.82, 2.24) is 4.90 Å². The average Bonchev–Trinajstić information content (AvgIpc) is 2.63. The number of hydrogen-bond donors (Lipinski definition) is 0. The Balaban J connectivity index is 1.73. The highest BCUT2D eigenvalue weighted by atomic mass is 32.2. The maximum atomic E-state index is 12.6. The van der Waals surface area contributed by atoms with Gasteiger partial charge in [-0.3, -0.25) is 24.6 Å². The zero-order valence-corrected chi connectivity index (χ0v) is 15.2. The first-order valence-electron chi connectivity index (χ1n) is 8.06. The van der Waals surface area contributed by atoms with Crippen LogP contribution >= 0.6 is 11.8 Å². The Hall–Kier alpha value is -2.88. The second-order valence-electron chi connectivity index (χ2n) is 5.97. The Bertz CT molecular complexity index is 834. The molecule has 0 saturated carbocycles. The summed E-state index contributed by atoms with van der Waals surface area (Å²) in [5, 5.41) is 10.6. The van der Waals surface area contributed by atoms with E-state index in [1.807, 2.05) is 0 Å². The Kier molecular flexibility index (Phi) is 5.45. The van der Waals surface area contributed by atoms with Crippen LogP contribution in [0.3, 0.4) is 0 Å². The highest BCUT2D eigenvalue weighted by molar-refractivity contribution is 8.00. The maximum Gasteiger partial charge on any atom is 0.355 e. The number of rotatable bonds is 6. The molecule has 0 aromatic heterocycles. The molecule has 1 aromatic rings. The van der Waals surface area contributed by atoms with Gasteiger partial charge in [0.25, 0.3) is 5.69 Å². The molecule has 1 fully saturated rings. The fraction of sp³-hybridized carbons (Fsp3) is 0.353. The highest BCUT2D eigenvalue weighted by Crippen LogP contribution is 2.40. The molecule has 1 aromatic carbocycles. The van der Waals surface area contributed by atoms with Crippen molar-refractivity contribution >= 4 is 35.3 Å². The van der Waals surface area contributed by atoms with Gasteiger partial charge in [0.1, 0.15) is 18.9 Å². The van der Waals surface area contributed by atoms with E-state index < -0.39 is 16.9 Å². The second kappa shape index (κ2) is 7.78. The van der Waals surface area contributed by atoms with E-state index in [0.29, 0.717) is 23.3 Å². The number of β-lactam (4-membered cyclic amide) rings is 1. The molecule has 1 atom stereocenters. The van der Waals surface area contributed by atoms with Gasteiger partial charge in [0.05, 0.1) is 16.7 Å². The number of carbonyl (C=O) groups excluding carboxylic acids is 3. The summed E-state index contributed by atoms with van der Waals surface area (Å²) in [5.41, 5.74) is 1.16. The smallest absolute Gasteiger partial charge is 0.355 e. The van der Waals surface area contributed by atoms with Crippen molar-refractivity contribution in [3.8, 4) is 0 Å². The molecule has 3 rings (SSSR count). The van der Waals surface area contributed by atoms with Gasteiger partial charge >= 0.3 is 11.9 Å².